The number of hydrogen-bond donors (Lipinski definition) is 1. The maximum absolute atomic E-state index is 12.1. The molecule has 6 fully saturated rings. The molecule has 2 heterocycles. The summed E-state index contributed by atoms with van der Waals surface area (Å²) in [6.07, 6.45) is 13.4. The first-order chi connectivity index (χ1) is 15.2. The van der Waals surface area contributed by atoms with Gasteiger partial charge in [-0.2, -0.15) is 0 Å². The lowest BCUT2D eigenvalue weighted by molar-refractivity contribution is -0.194. The molecule has 2 aliphatic heterocycles. The first-order valence-corrected chi connectivity index (χ1v) is 13.8. The van der Waals surface area contributed by atoms with Crippen LogP contribution in [0.1, 0.15) is 91.9 Å². The van der Waals surface area contributed by atoms with E-state index in [-0.39, 0.29) is 11.8 Å². The lowest BCUT2D eigenvalue weighted by Crippen LogP contribution is -2.58. The average molecular weight is 444 g/mol. The predicted octanol–water partition coefficient (Wildman–Crippen LogP) is 5.24. The number of ether oxygens (including phenoxy) is 1. The minimum Gasteiger partial charge on any atom is -0.393 e. The van der Waals surface area contributed by atoms with Crippen LogP contribution >= 0.6 is 0 Å². The summed E-state index contributed by atoms with van der Waals surface area (Å²) in [5.41, 5.74) is 0.435. The van der Waals surface area contributed by atoms with Crippen molar-refractivity contribution >= 4 is 6.41 Å². The molecule has 0 aromatic heterocycles. The molecule has 0 radical (unpaired) electrons. The molecule has 0 aromatic rings. The van der Waals surface area contributed by atoms with Crippen molar-refractivity contribution in [3.8, 4) is 0 Å². The van der Waals surface area contributed by atoms with Gasteiger partial charge in [-0.25, -0.2) is 0 Å². The van der Waals surface area contributed by atoms with Crippen LogP contribution in [0.2, 0.25) is 0 Å². The monoisotopic (exact) mass is 443 g/mol. The summed E-state index contributed by atoms with van der Waals surface area (Å²) in [7, 11) is 0. The SMILES string of the molecule is C[C@H]1CC[C@@]2(O[C@H]3C[C@H]4[C@@H]5CC[C@H]6C[C@@H](O)CC[C@]6(C)[C@H]5CC[C@]4(C)[C@H]3[C@@H]2C)N(C=O)C1. The summed E-state index contributed by atoms with van der Waals surface area (Å²) >= 11 is 0. The fourth-order valence-electron chi connectivity index (χ4n) is 10.9. The van der Waals surface area contributed by atoms with Gasteiger partial charge in [0.25, 0.3) is 0 Å². The summed E-state index contributed by atoms with van der Waals surface area (Å²) in [5, 5.41) is 10.3. The van der Waals surface area contributed by atoms with Gasteiger partial charge in [-0.1, -0.05) is 27.7 Å². The second-order valence-electron chi connectivity index (χ2n) is 13.6. The van der Waals surface area contributed by atoms with Crippen molar-refractivity contribution in [2.75, 3.05) is 6.54 Å². The molecule has 1 spiro atoms. The number of likely N-dealkylation sites (tertiary alicyclic amines) is 1. The Morgan fingerprint density at radius 2 is 1.72 bits per heavy atom. The van der Waals surface area contributed by atoms with Crippen molar-refractivity contribution in [2.24, 2.45) is 52.3 Å². The molecule has 4 heteroatoms. The zero-order valence-electron chi connectivity index (χ0n) is 20.8. The molecular weight excluding hydrogens is 398 g/mol. The number of piperidine rings is 1. The maximum atomic E-state index is 12.1. The Morgan fingerprint density at radius 3 is 2.50 bits per heavy atom. The van der Waals surface area contributed by atoms with E-state index in [1.54, 1.807) is 0 Å². The third kappa shape index (κ3) is 2.72. The van der Waals surface area contributed by atoms with Crippen LogP contribution in [0.4, 0.5) is 0 Å². The third-order valence-corrected chi connectivity index (χ3v) is 12.4. The zero-order valence-corrected chi connectivity index (χ0v) is 20.8. The van der Waals surface area contributed by atoms with Crippen LogP contribution in [0, 0.1) is 52.3 Å². The molecule has 32 heavy (non-hydrogen) atoms. The number of carbonyl (C=O) groups excluding carboxylic acids is 1. The van der Waals surface area contributed by atoms with Gasteiger partial charge >= 0.3 is 0 Å². The Balaban J connectivity index is 1.28. The Morgan fingerprint density at radius 1 is 0.938 bits per heavy atom. The van der Waals surface area contributed by atoms with E-state index in [1.807, 2.05) is 4.90 Å². The van der Waals surface area contributed by atoms with Gasteiger partial charge in [-0.05, 0) is 111 Å². The molecule has 0 bridgehead atoms. The minimum absolute atomic E-state index is 0.0614. The minimum atomic E-state index is -0.350. The smallest absolute Gasteiger partial charge is 0.211 e. The van der Waals surface area contributed by atoms with E-state index >= 15 is 0 Å². The maximum Gasteiger partial charge on any atom is 0.211 e. The van der Waals surface area contributed by atoms with E-state index in [9.17, 15) is 9.90 Å². The van der Waals surface area contributed by atoms with E-state index in [2.05, 4.69) is 27.7 Å². The fourth-order valence-corrected chi connectivity index (χ4v) is 10.9. The predicted molar refractivity (Wildman–Crippen MR) is 125 cm³/mol. The standard InChI is InChI=1S/C28H45NO3/c1-17-7-12-28(29(15-17)16-30)18(2)25-24(32-28)14-23-21-6-5-19-13-20(31)8-10-26(19,3)22(21)9-11-27(23,25)4/h16-25,31H,5-15H2,1-4H3/t17-,18-,19-,20-,21+,22-,23-,24-,25-,26-,27-,28-/m0/s1. The molecule has 0 unspecified atom stereocenters. The highest BCUT2D eigenvalue weighted by molar-refractivity contribution is 5.49. The summed E-state index contributed by atoms with van der Waals surface area (Å²) in [4.78, 5) is 14.2. The van der Waals surface area contributed by atoms with Crippen LogP contribution < -0.4 is 0 Å². The number of aliphatic hydroxyl groups is 1. The molecule has 1 amide bonds. The zero-order chi connectivity index (χ0) is 22.5. The highest BCUT2D eigenvalue weighted by atomic mass is 16.5. The molecule has 2 saturated heterocycles. The van der Waals surface area contributed by atoms with Crippen LogP contribution in [0.3, 0.4) is 0 Å². The van der Waals surface area contributed by atoms with E-state index in [1.165, 1.54) is 44.9 Å². The summed E-state index contributed by atoms with van der Waals surface area (Å²) in [5.74, 6) is 4.74. The van der Waals surface area contributed by atoms with Crippen LogP contribution in [-0.2, 0) is 9.53 Å². The van der Waals surface area contributed by atoms with Crippen molar-refractivity contribution in [3.05, 3.63) is 0 Å². The fraction of sp³-hybridized carbons (Fsp3) is 0.964. The number of rotatable bonds is 1. The van der Waals surface area contributed by atoms with E-state index in [4.69, 9.17) is 4.74 Å². The van der Waals surface area contributed by atoms with Gasteiger partial charge < -0.3 is 14.7 Å². The number of hydrogen-bond acceptors (Lipinski definition) is 3. The largest absolute Gasteiger partial charge is 0.393 e. The Labute approximate surface area is 194 Å². The van der Waals surface area contributed by atoms with Crippen LogP contribution in [0.25, 0.3) is 0 Å². The number of amides is 1. The highest BCUT2D eigenvalue weighted by Gasteiger charge is 2.69. The van der Waals surface area contributed by atoms with Crippen molar-refractivity contribution in [1.29, 1.82) is 0 Å². The lowest BCUT2D eigenvalue weighted by atomic mass is 9.44. The highest BCUT2D eigenvalue weighted by Crippen LogP contribution is 2.71. The van der Waals surface area contributed by atoms with Gasteiger partial charge in [0.05, 0.1) is 12.2 Å². The van der Waals surface area contributed by atoms with E-state index < -0.39 is 0 Å². The molecular formula is C28H45NO3. The number of aliphatic hydroxyl groups excluding tert-OH is 1. The summed E-state index contributed by atoms with van der Waals surface area (Å²) in [6.45, 7) is 10.7. The molecule has 1 N–H and O–H groups in total. The quantitative estimate of drug-likeness (QED) is 0.564. The van der Waals surface area contributed by atoms with E-state index in [0.29, 0.717) is 34.7 Å². The third-order valence-electron chi connectivity index (χ3n) is 12.4. The topological polar surface area (TPSA) is 49.8 Å². The van der Waals surface area contributed by atoms with Gasteiger partial charge in [-0.3, -0.25) is 4.79 Å². The van der Waals surface area contributed by atoms with Gasteiger partial charge in [0.2, 0.25) is 6.41 Å². The van der Waals surface area contributed by atoms with Crippen LogP contribution in [0.5, 0.6) is 0 Å². The molecule has 6 aliphatic rings. The van der Waals surface area contributed by atoms with Gasteiger partial charge in [-0.15, -0.1) is 0 Å². The van der Waals surface area contributed by atoms with Gasteiger partial charge in [0, 0.05) is 12.5 Å². The Hall–Kier alpha value is -0.610. The van der Waals surface area contributed by atoms with Crippen molar-refractivity contribution in [3.63, 3.8) is 0 Å². The molecule has 4 saturated carbocycles. The molecule has 180 valence electrons. The first-order valence-electron chi connectivity index (χ1n) is 13.8. The molecule has 4 aliphatic carbocycles. The second-order valence-corrected chi connectivity index (χ2v) is 13.6. The van der Waals surface area contributed by atoms with Crippen molar-refractivity contribution in [2.45, 2.75) is 110 Å². The number of nitrogens with zero attached hydrogens (tertiary/aromatic N) is 1. The molecule has 6 rings (SSSR count). The number of fused-ring (bicyclic) bond motifs is 7. The normalized spacial score (nSPS) is 59.3. The number of carbonyl (C=O) groups is 1. The Bertz CT molecular complexity index is 772. The van der Waals surface area contributed by atoms with Crippen molar-refractivity contribution < 1.29 is 14.6 Å². The molecule has 12 atom stereocenters. The van der Waals surface area contributed by atoms with Crippen LogP contribution in [0.15, 0.2) is 0 Å². The summed E-state index contributed by atoms with van der Waals surface area (Å²) < 4.78 is 7.02. The van der Waals surface area contributed by atoms with Crippen molar-refractivity contribution in [1.82, 2.24) is 4.90 Å². The average Bonchev–Trinajstić information content (AvgIpc) is 3.21. The van der Waals surface area contributed by atoms with Crippen LogP contribution in [-0.4, -0.2) is 40.9 Å². The van der Waals surface area contributed by atoms with Gasteiger partial charge in [0.15, 0.2) is 0 Å². The van der Waals surface area contributed by atoms with Gasteiger partial charge in [0.1, 0.15) is 5.72 Å². The molecule has 0 aromatic carbocycles. The first kappa shape index (κ1) is 21.9. The second kappa shape index (κ2) is 7.20. The lowest BCUT2D eigenvalue weighted by Gasteiger charge is -2.61. The van der Waals surface area contributed by atoms with E-state index in [0.717, 1.165) is 55.9 Å². The molecule has 4 nitrogen and oxygen atoms in total. The Kier molecular flexibility index (Phi) is 4.92. The summed E-state index contributed by atoms with van der Waals surface area (Å²) in [6, 6.07) is 0.